The highest BCUT2D eigenvalue weighted by molar-refractivity contribution is 6.30. The van der Waals surface area contributed by atoms with E-state index >= 15 is 0 Å². The van der Waals surface area contributed by atoms with E-state index in [1.54, 1.807) is 0 Å². The minimum atomic E-state index is -0.627. The number of hydrogen-bond donors (Lipinski definition) is 2. The molecule has 4 aromatic carbocycles. The molecule has 0 radical (unpaired) electrons. The third kappa shape index (κ3) is 5.22. The van der Waals surface area contributed by atoms with E-state index in [1.165, 1.54) is 9.36 Å². The molecular formula is C34H29ClN4O3. The van der Waals surface area contributed by atoms with Crippen LogP contribution in [0.1, 0.15) is 39.6 Å². The van der Waals surface area contributed by atoms with Crippen LogP contribution >= 0.6 is 11.6 Å². The van der Waals surface area contributed by atoms with E-state index < -0.39 is 5.92 Å². The van der Waals surface area contributed by atoms with E-state index in [0.717, 1.165) is 11.1 Å². The van der Waals surface area contributed by atoms with Crippen molar-refractivity contribution in [2.45, 2.75) is 26.4 Å². The van der Waals surface area contributed by atoms with Crippen LogP contribution in [-0.4, -0.2) is 19.6 Å². The molecule has 0 aliphatic carbocycles. The number of para-hydroxylation sites is 2. The molecule has 0 spiro atoms. The minimum Gasteiger partial charge on any atom is -0.489 e. The standard InChI is InChI=1S/C34H29ClN4O3/c1-22-30(33(40)38(36-22)27-9-5-3-6-10-27)32(31-23(2)37-39(34(31)41)28-11-7-4-8-12-28)25-15-19-29(20-16-25)42-21-24-13-17-26(35)18-14-24/h3-20,32,36-37H,21H2,1-2H3. The van der Waals surface area contributed by atoms with Crippen LogP contribution in [0.25, 0.3) is 11.4 Å². The molecule has 210 valence electrons. The second-order valence-corrected chi connectivity index (χ2v) is 10.6. The van der Waals surface area contributed by atoms with Gasteiger partial charge >= 0.3 is 0 Å². The first-order valence-corrected chi connectivity index (χ1v) is 14.0. The monoisotopic (exact) mass is 576 g/mol. The molecule has 0 saturated heterocycles. The number of rotatable bonds is 8. The van der Waals surface area contributed by atoms with Crippen LogP contribution in [0.3, 0.4) is 0 Å². The SMILES string of the molecule is Cc1[nH]n(-c2ccccc2)c(=O)c1C(c1ccc(OCc2ccc(Cl)cc2)cc1)c1c(C)[nH]n(-c2ccccc2)c1=O. The molecule has 8 heteroatoms. The summed E-state index contributed by atoms with van der Waals surface area (Å²) in [5, 5.41) is 7.14. The molecule has 0 aliphatic heterocycles. The molecule has 7 nitrogen and oxygen atoms in total. The van der Waals surface area contributed by atoms with Gasteiger partial charge in [-0.15, -0.1) is 0 Å². The molecule has 0 amide bonds. The number of ether oxygens (including phenoxy) is 1. The fourth-order valence-corrected chi connectivity index (χ4v) is 5.42. The Kier molecular flexibility index (Phi) is 7.42. The average Bonchev–Trinajstić information content (AvgIpc) is 3.48. The van der Waals surface area contributed by atoms with Crippen LogP contribution in [0.15, 0.2) is 119 Å². The highest BCUT2D eigenvalue weighted by Gasteiger charge is 2.31. The summed E-state index contributed by atoms with van der Waals surface area (Å²) in [6.07, 6.45) is 0. The van der Waals surface area contributed by atoms with E-state index in [1.807, 2.05) is 123 Å². The van der Waals surface area contributed by atoms with Crippen LogP contribution in [-0.2, 0) is 6.61 Å². The predicted octanol–water partition coefficient (Wildman–Crippen LogP) is 6.67. The number of nitrogens with zero attached hydrogens (tertiary/aromatic N) is 2. The summed E-state index contributed by atoms with van der Waals surface area (Å²) in [5.74, 6) is 0.0464. The van der Waals surface area contributed by atoms with Gasteiger partial charge in [0.05, 0.1) is 22.5 Å². The van der Waals surface area contributed by atoms with Crippen molar-refractivity contribution in [3.8, 4) is 17.1 Å². The predicted molar refractivity (Wildman–Crippen MR) is 165 cm³/mol. The zero-order valence-corrected chi connectivity index (χ0v) is 23.9. The lowest BCUT2D eigenvalue weighted by molar-refractivity contribution is 0.306. The number of hydrogen-bond acceptors (Lipinski definition) is 3. The molecule has 0 unspecified atom stereocenters. The summed E-state index contributed by atoms with van der Waals surface area (Å²) in [6.45, 7) is 4.12. The number of nitrogens with one attached hydrogen (secondary N) is 2. The molecule has 2 heterocycles. The number of aromatic amines is 2. The summed E-state index contributed by atoms with van der Waals surface area (Å²) in [4.78, 5) is 28.0. The molecule has 0 bridgehead atoms. The van der Waals surface area contributed by atoms with Gasteiger partial charge in [-0.3, -0.25) is 19.8 Å². The van der Waals surface area contributed by atoms with Gasteiger partial charge in [-0.25, -0.2) is 9.36 Å². The van der Waals surface area contributed by atoms with Gasteiger partial charge < -0.3 is 4.74 Å². The Morgan fingerprint density at radius 1 is 0.667 bits per heavy atom. The first-order valence-electron chi connectivity index (χ1n) is 13.6. The molecule has 0 atom stereocenters. The summed E-state index contributed by atoms with van der Waals surface area (Å²) < 4.78 is 9.06. The van der Waals surface area contributed by atoms with Gasteiger partial charge in [-0.2, -0.15) is 0 Å². The van der Waals surface area contributed by atoms with Gasteiger partial charge in [-0.05, 0) is 73.5 Å². The lowest BCUT2D eigenvalue weighted by Gasteiger charge is -2.16. The Bertz CT molecular complexity index is 1840. The lowest BCUT2D eigenvalue weighted by atomic mass is 9.85. The average molecular weight is 577 g/mol. The van der Waals surface area contributed by atoms with E-state index in [4.69, 9.17) is 16.3 Å². The second kappa shape index (κ2) is 11.5. The van der Waals surface area contributed by atoms with Crippen LogP contribution in [0.2, 0.25) is 5.02 Å². The van der Waals surface area contributed by atoms with Gasteiger partial charge in [0, 0.05) is 22.3 Å². The Balaban J connectivity index is 1.45. The molecule has 2 aromatic heterocycles. The maximum Gasteiger partial charge on any atom is 0.275 e. The number of aromatic nitrogens is 4. The fourth-order valence-electron chi connectivity index (χ4n) is 5.30. The molecule has 6 rings (SSSR count). The van der Waals surface area contributed by atoms with E-state index in [2.05, 4.69) is 10.2 Å². The van der Waals surface area contributed by atoms with Gasteiger partial charge in [-0.1, -0.05) is 72.3 Å². The van der Waals surface area contributed by atoms with Crippen molar-refractivity contribution in [1.82, 2.24) is 19.6 Å². The van der Waals surface area contributed by atoms with Gasteiger partial charge in [0.25, 0.3) is 11.1 Å². The topological polar surface area (TPSA) is 84.8 Å². The van der Waals surface area contributed by atoms with Crippen molar-refractivity contribution in [2.75, 3.05) is 0 Å². The summed E-state index contributed by atoms with van der Waals surface area (Å²) in [6, 6.07) is 33.9. The number of aryl methyl sites for hydroxylation is 2. The van der Waals surface area contributed by atoms with Crippen LogP contribution < -0.4 is 15.9 Å². The maximum absolute atomic E-state index is 14.0. The van der Waals surface area contributed by atoms with Crippen molar-refractivity contribution in [2.24, 2.45) is 0 Å². The zero-order valence-electron chi connectivity index (χ0n) is 23.2. The van der Waals surface area contributed by atoms with Crippen molar-refractivity contribution < 1.29 is 4.74 Å². The first-order chi connectivity index (χ1) is 20.4. The van der Waals surface area contributed by atoms with Crippen LogP contribution in [0.4, 0.5) is 0 Å². The largest absolute Gasteiger partial charge is 0.489 e. The molecule has 0 fully saturated rings. The van der Waals surface area contributed by atoms with Crippen LogP contribution in [0.5, 0.6) is 5.75 Å². The summed E-state index contributed by atoms with van der Waals surface area (Å²) in [7, 11) is 0. The number of halogens is 1. The smallest absolute Gasteiger partial charge is 0.275 e. The Morgan fingerprint density at radius 3 is 1.62 bits per heavy atom. The highest BCUT2D eigenvalue weighted by atomic mass is 35.5. The Morgan fingerprint density at radius 2 is 1.14 bits per heavy atom. The molecule has 0 saturated carbocycles. The molecule has 2 N–H and O–H groups in total. The number of benzene rings is 4. The van der Waals surface area contributed by atoms with Gasteiger partial charge in [0.2, 0.25) is 0 Å². The van der Waals surface area contributed by atoms with Crippen molar-refractivity contribution in [1.29, 1.82) is 0 Å². The van der Waals surface area contributed by atoms with E-state index in [0.29, 0.717) is 51.3 Å². The van der Waals surface area contributed by atoms with Gasteiger partial charge in [0.15, 0.2) is 0 Å². The summed E-state index contributed by atoms with van der Waals surface area (Å²) >= 11 is 6.00. The Labute approximate surface area is 247 Å². The third-order valence-corrected chi connectivity index (χ3v) is 7.62. The normalized spacial score (nSPS) is 11.2. The molecule has 42 heavy (non-hydrogen) atoms. The van der Waals surface area contributed by atoms with Crippen molar-refractivity contribution in [3.63, 3.8) is 0 Å². The second-order valence-electron chi connectivity index (χ2n) is 10.2. The van der Waals surface area contributed by atoms with Crippen LogP contribution in [0, 0.1) is 13.8 Å². The first kappa shape index (κ1) is 27.2. The fraction of sp³-hybridized carbons (Fsp3) is 0.118. The Hall–Kier alpha value is -5.01. The zero-order chi connectivity index (χ0) is 29.2. The third-order valence-electron chi connectivity index (χ3n) is 7.37. The quantitative estimate of drug-likeness (QED) is 0.212. The molecular weight excluding hydrogens is 548 g/mol. The maximum atomic E-state index is 14.0. The van der Waals surface area contributed by atoms with E-state index in [-0.39, 0.29) is 11.1 Å². The van der Waals surface area contributed by atoms with E-state index in [9.17, 15) is 9.59 Å². The summed E-state index contributed by atoms with van der Waals surface area (Å²) in [5.41, 5.74) is 5.19. The number of H-pyrrole nitrogens is 2. The lowest BCUT2D eigenvalue weighted by Crippen LogP contribution is -2.25. The minimum absolute atomic E-state index is 0.210. The molecule has 0 aliphatic rings. The van der Waals surface area contributed by atoms with Crippen molar-refractivity contribution >= 4 is 11.6 Å². The molecule has 6 aromatic rings. The highest BCUT2D eigenvalue weighted by Crippen LogP contribution is 2.33. The van der Waals surface area contributed by atoms with Crippen molar-refractivity contribution in [3.05, 3.63) is 169 Å². The van der Waals surface area contributed by atoms with Gasteiger partial charge in [0.1, 0.15) is 12.4 Å².